The van der Waals surface area contributed by atoms with Gasteiger partial charge in [0.25, 0.3) is 12.1 Å². The van der Waals surface area contributed by atoms with Gasteiger partial charge in [0, 0.05) is 11.6 Å². The van der Waals surface area contributed by atoms with Gasteiger partial charge in [0.05, 0.1) is 4.92 Å². The van der Waals surface area contributed by atoms with Crippen molar-refractivity contribution in [2.75, 3.05) is 0 Å². The lowest BCUT2D eigenvalue weighted by atomic mass is 9.85. The summed E-state index contributed by atoms with van der Waals surface area (Å²) in [6.45, 7) is 3.74. The number of allylic oxidation sites excluding steroid dienone is 3. The zero-order chi connectivity index (χ0) is 11.6. The van der Waals surface area contributed by atoms with Gasteiger partial charge in [0.15, 0.2) is 0 Å². The highest BCUT2D eigenvalue weighted by atomic mass is 19.3. The van der Waals surface area contributed by atoms with Crippen molar-refractivity contribution in [1.29, 1.82) is 0 Å². The average Bonchev–Trinajstić information content (AvgIpc) is 2.16. The standard InChI is InChI=1S/C10H13F2NO2/c1-6(2)7-3-8(10(11)12)5-9(4-7)13(14)15/h4-7,10H,3H2,1-2H3. The van der Waals surface area contributed by atoms with Gasteiger partial charge in [-0.3, -0.25) is 10.1 Å². The summed E-state index contributed by atoms with van der Waals surface area (Å²) in [5.74, 6) is -0.0400. The Balaban J connectivity index is 2.97. The van der Waals surface area contributed by atoms with Crippen LogP contribution in [0.3, 0.4) is 0 Å². The summed E-state index contributed by atoms with van der Waals surface area (Å²) < 4.78 is 25.0. The van der Waals surface area contributed by atoms with E-state index in [2.05, 4.69) is 0 Å². The molecule has 0 spiro atoms. The predicted molar refractivity (Wildman–Crippen MR) is 52.1 cm³/mol. The number of halogens is 2. The van der Waals surface area contributed by atoms with Gasteiger partial charge in [-0.25, -0.2) is 8.78 Å². The molecule has 1 aliphatic rings. The van der Waals surface area contributed by atoms with E-state index in [1.807, 2.05) is 13.8 Å². The van der Waals surface area contributed by atoms with Gasteiger partial charge in [-0.1, -0.05) is 13.8 Å². The molecule has 0 bridgehead atoms. The van der Waals surface area contributed by atoms with E-state index in [1.165, 1.54) is 6.08 Å². The fraction of sp³-hybridized carbons (Fsp3) is 0.600. The van der Waals surface area contributed by atoms with Crippen molar-refractivity contribution in [2.24, 2.45) is 11.8 Å². The Morgan fingerprint density at radius 1 is 1.53 bits per heavy atom. The average molecular weight is 217 g/mol. The van der Waals surface area contributed by atoms with E-state index in [0.29, 0.717) is 0 Å². The Kier molecular flexibility index (Phi) is 3.55. The first-order valence-electron chi connectivity index (χ1n) is 4.76. The van der Waals surface area contributed by atoms with Crippen LogP contribution in [-0.2, 0) is 0 Å². The molecule has 0 heterocycles. The van der Waals surface area contributed by atoms with Crippen LogP contribution in [0, 0.1) is 22.0 Å². The maximum absolute atomic E-state index is 12.5. The van der Waals surface area contributed by atoms with Crippen molar-refractivity contribution in [2.45, 2.75) is 26.7 Å². The summed E-state index contributed by atoms with van der Waals surface area (Å²) >= 11 is 0. The molecule has 1 unspecified atom stereocenters. The molecule has 0 aromatic carbocycles. The molecule has 0 aliphatic heterocycles. The SMILES string of the molecule is CC(C)C1C=C([N+](=O)[O-])C=C(C(F)F)C1. The number of rotatable bonds is 3. The van der Waals surface area contributed by atoms with Crippen molar-refractivity contribution < 1.29 is 13.7 Å². The molecule has 0 radical (unpaired) electrons. The summed E-state index contributed by atoms with van der Waals surface area (Å²) in [5, 5.41) is 10.5. The third kappa shape index (κ3) is 2.84. The van der Waals surface area contributed by atoms with Gasteiger partial charge in [0.2, 0.25) is 0 Å². The van der Waals surface area contributed by atoms with E-state index in [9.17, 15) is 18.9 Å². The molecule has 84 valence electrons. The molecule has 1 atom stereocenters. The largest absolute Gasteiger partial charge is 0.265 e. The van der Waals surface area contributed by atoms with Crippen LogP contribution in [0.5, 0.6) is 0 Å². The second-order valence-corrected chi connectivity index (χ2v) is 3.98. The third-order valence-corrected chi connectivity index (χ3v) is 2.54. The van der Waals surface area contributed by atoms with E-state index in [0.717, 1.165) is 6.08 Å². The Hall–Kier alpha value is -1.26. The van der Waals surface area contributed by atoms with Crippen LogP contribution in [0.1, 0.15) is 20.3 Å². The Morgan fingerprint density at radius 3 is 2.53 bits per heavy atom. The van der Waals surface area contributed by atoms with Crippen LogP contribution in [0.2, 0.25) is 0 Å². The second-order valence-electron chi connectivity index (χ2n) is 3.98. The van der Waals surface area contributed by atoms with Gasteiger partial charge in [0.1, 0.15) is 0 Å². The number of hydrogen-bond acceptors (Lipinski definition) is 2. The van der Waals surface area contributed by atoms with E-state index in [4.69, 9.17) is 0 Å². The molecule has 0 fully saturated rings. The molecule has 0 N–H and O–H groups in total. The molecule has 0 saturated carbocycles. The van der Waals surface area contributed by atoms with Crippen LogP contribution in [0.25, 0.3) is 0 Å². The number of hydrogen-bond donors (Lipinski definition) is 0. The number of nitro groups is 1. The molecular formula is C10H13F2NO2. The predicted octanol–water partition coefficient (Wildman–Crippen LogP) is 3.01. The molecule has 0 aromatic heterocycles. The minimum atomic E-state index is -2.60. The molecule has 5 heteroatoms. The van der Waals surface area contributed by atoms with E-state index >= 15 is 0 Å². The minimum absolute atomic E-state index is 0.127. The lowest BCUT2D eigenvalue weighted by Crippen LogP contribution is -2.17. The summed E-state index contributed by atoms with van der Waals surface area (Å²) in [7, 11) is 0. The number of nitrogens with zero attached hydrogens (tertiary/aromatic N) is 1. The van der Waals surface area contributed by atoms with Gasteiger partial charge >= 0.3 is 0 Å². The maximum atomic E-state index is 12.5. The first-order valence-corrected chi connectivity index (χ1v) is 4.76. The zero-order valence-corrected chi connectivity index (χ0v) is 8.61. The number of alkyl halides is 2. The van der Waals surface area contributed by atoms with Crippen molar-refractivity contribution >= 4 is 0 Å². The van der Waals surface area contributed by atoms with E-state index in [1.54, 1.807) is 0 Å². The molecule has 0 saturated heterocycles. The normalized spacial score (nSPS) is 21.6. The summed E-state index contributed by atoms with van der Waals surface area (Å²) in [6, 6.07) is 0. The molecule has 15 heavy (non-hydrogen) atoms. The summed E-state index contributed by atoms with van der Waals surface area (Å²) in [5.41, 5.74) is -0.349. The van der Waals surface area contributed by atoms with Gasteiger partial charge < -0.3 is 0 Å². The Morgan fingerprint density at radius 2 is 2.13 bits per heavy atom. The van der Waals surface area contributed by atoms with Gasteiger partial charge in [-0.2, -0.15) is 0 Å². The fourth-order valence-corrected chi connectivity index (χ4v) is 1.54. The fourth-order valence-electron chi connectivity index (χ4n) is 1.54. The second kappa shape index (κ2) is 4.51. The monoisotopic (exact) mass is 217 g/mol. The minimum Gasteiger partial charge on any atom is -0.258 e. The molecule has 0 amide bonds. The lowest BCUT2D eigenvalue weighted by molar-refractivity contribution is -0.420. The summed E-state index contributed by atoms with van der Waals surface area (Å²) in [6.07, 6.45) is 0.0714. The first-order chi connectivity index (χ1) is 6.91. The van der Waals surface area contributed by atoms with Crippen molar-refractivity contribution in [1.82, 2.24) is 0 Å². The lowest BCUT2D eigenvalue weighted by Gasteiger charge is -2.21. The van der Waals surface area contributed by atoms with E-state index < -0.39 is 11.3 Å². The van der Waals surface area contributed by atoms with Crippen LogP contribution in [0.4, 0.5) is 8.78 Å². The molecule has 3 nitrogen and oxygen atoms in total. The van der Waals surface area contributed by atoms with Crippen LogP contribution >= 0.6 is 0 Å². The third-order valence-electron chi connectivity index (χ3n) is 2.54. The van der Waals surface area contributed by atoms with Crippen molar-refractivity contribution in [3.05, 3.63) is 33.5 Å². The maximum Gasteiger partial charge on any atom is 0.265 e. The topological polar surface area (TPSA) is 43.1 Å². The zero-order valence-electron chi connectivity index (χ0n) is 8.61. The highest BCUT2D eigenvalue weighted by Crippen LogP contribution is 2.31. The Labute approximate surface area is 86.6 Å². The van der Waals surface area contributed by atoms with E-state index in [-0.39, 0.29) is 29.5 Å². The van der Waals surface area contributed by atoms with Crippen molar-refractivity contribution in [3.8, 4) is 0 Å². The van der Waals surface area contributed by atoms with Crippen molar-refractivity contribution in [3.63, 3.8) is 0 Å². The molecule has 0 aromatic rings. The van der Waals surface area contributed by atoms with Crippen LogP contribution < -0.4 is 0 Å². The van der Waals surface area contributed by atoms with Crippen LogP contribution in [0.15, 0.2) is 23.4 Å². The van der Waals surface area contributed by atoms with Gasteiger partial charge in [-0.15, -0.1) is 0 Å². The first kappa shape index (κ1) is 11.8. The molecule has 1 aliphatic carbocycles. The van der Waals surface area contributed by atoms with Gasteiger partial charge in [-0.05, 0) is 24.3 Å². The molecular weight excluding hydrogens is 204 g/mol. The highest BCUT2D eigenvalue weighted by Gasteiger charge is 2.27. The summed E-state index contributed by atoms with van der Waals surface area (Å²) in [4.78, 5) is 9.92. The Bertz CT molecular complexity index is 321. The quantitative estimate of drug-likeness (QED) is 0.538. The smallest absolute Gasteiger partial charge is 0.258 e. The molecule has 1 rings (SSSR count). The highest BCUT2D eigenvalue weighted by molar-refractivity contribution is 5.26. The van der Waals surface area contributed by atoms with Crippen LogP contribution in [-0.4, -0.2) is 11.3 Å².